The van der Waals surface area contributed by atoms with Gasteiger partial charge in [0.15, 0.2) is 0 Å². The van der Waals surface area contributed by atoms with Crippen LogP contribution in [-0.2, 0) is 13.0 Å². The molecule has 2 atom stereocenters. The number of anilines is 1. The second kappa shape index (κ2) is 10.2. The lowest BCUT2D eigenvalue weighted by Gasteiger charge is -2.56. The summed E-state index contributed by atoms with van der Waals surface area (Å²) in [6, 6.07) is 11.8. The number of rotatable bonds is 5. The van der Waals surface area contributed by atoms with E-state index in [0.717, 1.165) is 6.42 Å². The SMILES string of the molecule is CNC(=O)c1ccc(-n2c(N[C@H]3CCC34CCC4)nc3c(c2=O)C[C@@H](C)N(C(=O)c2ccc(Cl)c(Cl)c2)C3)cc1. The van der Waals surface area contributed by atoms with E-state index in [0.29, 0.717) is 50.5 Å². The lowest BCUT2D eigenvalue weighted by Crippen LogP contribution is -2.54. The fourth-order valence-corrected chi connectivity index (χ4v) is 6.57. The number of carbonyl (C=O) groups is 2. The summed E-state index contributed by atoms with van der Waals surface area (Å²) in [6.07, 6.45) is 6.19. The molecule has 1 spiro atoms. The predicted octanol–water partition coefficient (Wildman–Crippen LogP) is 5.23. The standard InChI is InChI=1S/C30H31Cl2N5O3/c1-17-14-21-24(16-36(17)27(39)19-6-9-22(31)23(32)15-19)34-29(35-25-10-13-30(25)11-3-12-30)37(28(21)40)20-7-4-18(5-8-20)26(38)33-2/h4-9,15,17,25H,3,10-14,16H2,1-2H3,(H,33,38)(H,34,35)/t17-,25+/m1/s1. The van der Waals surface area contributed by atoms with Gasteiger partial charge in [-0.2, -0.15) is 0 Å². The van der Waals surface area contributed by atoms with E-state index in [1.54, 1.807) is 59.0 Å². The maximum Gasteiger partial charge on any atom is 0.263 e. The number of fused-ring (bicyclic) bond motifs is 1. The van der Waals surface area contributed by atoms with Crippen LogP contribution in [-0.4, -0.2) is 45.4 Å². The molecule has 40 heavy (non-hydrogen) atoms. The highest BCUT2D eigenvalue weighted by atomic mass is 35.5. The molecule has 3 aliphatic rings. The number of nitrogens with one attached hydrogen (secondary N) is 2. The molecule has 208 valence electrons. The zero-order chi connectivity index (χ0) is 28.2. The molecule has 1 aromatic heterocycles. The van der Waals surface area contributed by atoms with Crippen molar-refractivity contribution in [3.05, 3.63) is 85.2 Å². The Labute approximate surface area is 242 Å². The third kappa shape index (κ3) is 4.47. The molecule has 6 rings (SSSR count). The molecule has 2 amide bonds. The molecule has 3 aromatic rings. The number of hydrogen-bond acceptors (Lipinski definition) is 5. The summed E-state index contributed by atoms with van der Waals surface area (Å²) < 4.78 is 1.63. The number of aromatic nitrogens is 2. The molecular formula is C30H31Cl2N5O3. The van der Waals surface area contributed by atoms with E-state index in [1.807, 2.05) is 6.92 Å². The minimum absolute atomic E-state index is 0.157. The highest BCUT2D eigenvalue weighted by Gasteiger charge is 2.51. The van der Waals surface area contributed by atoms with Crippen LogP contribution in [0.2, 0.25) is 10.0 Å². The van der Waals surface area contributed by atoms with Gasteiger partial charge in [-0.15, -0.1) is 0 Å². The first kappa shape index (κ1) is 26.8. The van der Waals surface area contributed by atoms with Gasteiger partial charge in [0, 0.05) is 35.8 Å². The second-order valence-electron chi connectivity index (χ2n) is 11.2. The molecule has 2 aliphatic carbocycles. The predicted molar refractivity (Wildman–Crippen MR) is 156 cm³/mol. The Morgan fingerprint density at radius 1 is 1.02 bits per heavy atom. The van der Waals surface area contributed by atoms with Crippen molar-refractivity contribution in [2.24, 2.45) is 5.41 Å². The topological polar surface area (TPSA) is 96.3 Å². The number of benzene rings is 2. The molecule has 0 bridgehead atoms. The molecule has 10 heteroatoms. The van der Waals surface area contributed by atoms with Gasteiger partial charge in [0.2, 0.25) is 5.95 Å². The number of hydrogen-bond donors (Lipinski definition) is 2. The van der Waals surface area contributed by atoms with Gasteiger partial charge in [-0.1, -0.05) is 29.6 Å². The molecule has 2 N–H and O–H groups in total. The highest BCUT2D eigenvalue weighted by molar-refractivity contribution is 6.42. The van der Waals surface area contributed by atoms with E-state index in [-0.39, 0.29) is 41.4 Å². The summed E-state index contributed by atoms with van der Waals surface area (Å²) in [5.41, 5.74) is 2.91. The van der Waals surface area contributed by atoms with Gasteiger partial charge in [0.1, 0.15) is 0 Å². The van der Waals surface area contributed by atoms with Crippen molar-refractivity contribution in [1.29, 1.82) is 0 Å². The van der Waals surface area contributed by atoms with E-state index in [1.165, 1.54) is 25.7 Å². The van der Waals surface area contributed by atoms with Crippen LogP contribution in [0.5, 0.6) is 0 Å². The third-order valence-electron chi connectivity index (χ3n) is 8.98. The maximum atomic E-state index is 14.1. The Morgan fingerprint density at radius 2 is 1.75 bits per heavy atom. The molecule has 0 radical (unpaired) electrons. The average molecular weight is 581 g/mol. The van der Waals surface area contributed by atoms with E-state index in [4.69, 9.17) is 28.2 Å². The van der Waals surface area contributed by atoms with Gasteiger partial charge >= 0.3 is 0 Å². The van der Waals surface area contributed by atoms with Gasteiger partial charge in [-0.05, 0) is 86.9 Å². The van der Waals surface area contributed by atoms with Crippen LogP contribution in [0.4, 0.5) is 5.95 Å². The summed E-state index contributed by atoms with van der Waals surface area (Å²) in [4.78, 5) is 46.4. The maximum absolute atomic E-state index is 14.1. The smallest absolute Gasteiger partial charge is 0.263 e. The molecule has 2 fully saturated rings. The quantitative estimate of drug-likeness (QED) is 0.431. The van der Waals surface area contributed by atoms with Crippen molar-refractivity contribution in [2.75, 3.05) is 12.4 Å². The molecule has 0 unspecified atom stereocenters. The van der Waals surface area contributed by atoms with Gasteiger partial charge in [-0.3, -0.25) is 14.4 Å². The van der Waals surface area contributed by atoms with E-state index < -0.39 is 0 Å². The summed E-state index contributed by atoms with van der Waals surface area (Å²) >= 11 is 12.2. The third-order valence-corrected chi connectivity index (χ3v) is 9.72. The monoisotopic (exact) mass is 579 g/mol. The van der Waals surface area contributed by atoms with Crippen LogP contribution in [0, 0.1) is 5.41 Å². The minimum Gasteiger partial charge on any atom is -0.355 e. The molecule has 2 aromatic carbocycles. The van der Waals surface area contributed by atoms with Crippen molar-refractivity contribution in [3.8, 4) is 5.69 Å². The lowest BCUT2D eigenvalue weighted by atomic mass is 9.53. The first-order chi connectivity index (χ1) is 19.2. The first-order valence-corrected chi connectivity index (χ1v) is 14.5. The highest BCUT2D eigenvalue weighted by Crippen LogP contribution is 2.56. The number of amides is 2. The Kier molecular flexibility index (Phi) is 6.87. The van der Waals surface area contributed by atoms with Crippen molar-refractivity contribution in [1.82, 2.24) is 19.8 Å². The Morgan fingerprint density at radius 3 is 2.35 bits per heavy atom. The Bertz CT molecular complexity index is 1560. The Hall–Kier alpha value is -3.36. The van der Waals surface area contributed by atoms with E-state index >= 15 is 0 Å². The van der Waals surface area contributed by atoms with E-state index in [2.05, 4.69) is 10.6 Å². The zero-order valence-electron chi connectivity index (χ0n) is 22.5. The summed E-state index contributed by atoms with van der Waals surface area (Å²) in [6.45, 7) is 2.15. The van der Waals surface area contributed by atoms with Crippen molar-refractivity contribution in [2.45, 2.75) is 64.1 Å². The van der Waals surface area contributed by atoms with Gasteiger partial charge < -0.3 is 15.5 Å². The molecule has 0 saturated heterocycles. The fourth-order valence-electron chi connectivity index (χ4n) is 6.28. The van der Waals surface area contributed by atoms with Crippen LogP contribution < -0.4 is 16.2 Å². The number of halogens is 2. The molecule has 8 nitrogen and oxygen atoms in total. The van der Waals surface area contributed by atoms with Crippen LogP contribution >= 0.6 is 23.2 Å². The lowest BCUT2D eigenvalue weighted by molar-refractivity contribution is 0.0125. The summed E-state index contributed by atoms with van der Waals surface area (Å²) in [7, 11) is 1.59. The largest absolute Gasteiger partial charge is 0.355 e. The first-order valence-electron chi connectivity index (χ1n) is 13.7. The Balaban J connectivity index is 1.39. The molecular weight excluding hydrogens is 549 g/mol. The van der Waals surface area contributed by atoms with Gasteiger partial charge in [-0.25, -0.2) is 9.55 Å². The van der Waals surface area contributed by atoms with Gasteiger partial charge in [0.05, 0.1) is 28.0 Å². The van der Waals surface area contributed by atoms with Crippen molar-refractivity contribution < 1.29 is 9.59 Å². The zero-order valence-corrected chi connectivity index (χ0v) is 24.0. The number of carbonyl (C=O) groups excluding carboxylic acids is 2. The van der Waals surface area contributed by atoms with Crippen molar-refractivity contribution in [3.63, 3.8) is 0 Å². The summed E-state index contributed by atoms with van der Waals surface area (Å²) in [5.74, 6) is 0.0982. The fraction of sp³-hybridized carbons (Fsp3) is 0.400. The van der Waals surface area contributed by atoms with Crippen LogP contribution in [0.1, 0.15) is 71.0 Å². The molecule has 2 saturated carbocycles. The minimum atomic E-state index is -0.225. The molecule has 2 heterocycles. The van der Waals surface area contributed by atoms with Crippen molar-refractivity contribution >= 4 is 41.0 Å². The van der Waals surface area contributed by atoms with Gasteiger partial charge in [0.25, 0.3) is 17.4 Å². The van der Waals surface area contributed by atoms with Crippen LogP contribution in [0.15, 0.2) is 47.3 Å². The second-order valence-corrected chi connectivity index (χ2v) is 12.0. The van der Waals surface area contributed by atoms with E-state index in [9.17, 15) is 14.4 Å². The van der Waals surface area contributed by atoms with Crippen LogP contribution in [0.25, 0.3) is 5.69 Å². The van der Waals surface area contributed by atoms with Crippen LogP contribution in [0.3, 0.4) is 0 Å². The molecule has 1 aliphatic heterocycles. The average Bonchev–Trinajstić information content (AvgIpc) is 2.91. The number of nitrogens with zero attached hydrogens (tertiary/aromatic N) is 3. The normalized spacial score (nSPS) is 20.8. The summed E-state index contributed by atoms with van der Waals surface area (Å²) in [5, 5.41) is 6.94.